The van der Waals surface area contributed by atoms with Crippen molar-refractivity contribution in [3.05, 3.63) is 114 Å². The van der Waals surface area contributed by atoms with Crippen LogP contribution in [0.15, 0.2) is 95.6 Å². The van der Waals surface area contributed by atoms with Crippen LogP contribution in [0, 0.1) is 6.92 Å². The molecule has 1 aliphatic heterocycles. The molecule has 2 aromatic heterocycles. The van der Waals surface area contributed by atoms with Gasteiger partial charge in [-0.15, -0.1) is 10.2 Å². The molecule has 1 aliphatic rings. The van der Waals surface area contributed by atoms with Gasteiger partial charge in [0, 0.05) is 23.7 Å². The van der Waals surface area contributed by atoms with Crippen LogP contribution in [0.4, 0.5) is 5.13 Å². The molecule has 39 heavy (non-hydrogen) atoms. The highest BCUT2D eigenvalue weighted by atomic mass is 32.2. The Kier molecular flexibility index (Phi) is 7.85. The minimum absolute atomic E-state index is 0.0324. The molecule has 10 heteroatoms. The third-order valence-electron chi connectivity index (χ3n) is 6.05. The molecule has 5 rings (SSSR count). The lowest BCUT2D eigenvalue weighted by molar-refractivity contribution is -0.132. The second kappa shape index (κ2) is 11.6. The fraction of sp³-hybridized carbons (Fsp3) is 0.138. The number of Topliss-reactive ketones (excluding diaryl/α,β-unsaturated/α-hetero) is 1. The van der Waals surface area contributed by atoms with Crippen molar-refractivity contribution in [2.45, 2.75) is 23.1 Å². The molecule has 0 aliphatic carbocycles. The number of anilines is 1. The van der Waals surface area contributed by atoms with Crippen LogP contribution < -0.4 is 9.64 Å². The number of aliphatic hydroxyl groups excluding tert-OH is 1. The zero-order chi connectivity index (χ0) is 27.4. The van der Waals surface area contributed by atoms with Gasteiger partial charge in [-0.3, -0.25) is 19.5 Å². The molecule has 3 heterocycles. The highest BCUT2D eigenvalue weighted by Gasteiger charge is 2.48. The molecule has 1 unspecified atom stereocenters. The average Bonchev–Trinajstić information content (AvgIpc) is 3.54. The molecule has 4 aromatic rings. The van der Waals surface area contributed by atoms with Crippen molar-refractivity contribution < 1.29 is 19.4 Å². The van der Waals surface area contributed by atoms with Crippen LogP contribution in [-0.2, 0) is 15.3 Å². The van der Waals surface area contributed by atoms with E-state index in [1.54, 1.807) is 42.5 Å². The van der Waals surface area contributed by atoms with Gasteiger partial charge in [0.05, 0.1) is 11.6 Å². The van der Waals surface area contributed by atoms with E-state index in [2.05, 4.69) is 46.0 Å². The van der Waals surface area contributed by atoms with Crippen molar-refractivity contribution in [1.29, 1.82) is 0 Å². The van der Waals surface area contributed by atoms with Crippen molar-refractivity contribution in [2.75, 3.05) is 11.5 Å². The van der Waals surface area contributed by atoms with Gasteiger partial charge in [0.1, 0.15) is 18.1 Å². The first-order valence-electron chi connectivity index (χ1n) is 12.0. The SMILES string of the molecule is C=CCOc1ccc(C2C(=C(O)c3ccncc3)C(=O)C(=O)N2c2nnc(SCc3ccc(C)cc3)s2)cc1. The first kappa shape index (κ1) is 26.3. The molecule has 8 nitrogen and oxygen atoms in total. The smallest absolute Gasteiger partial charge is 0.301 e. The number of ketones is 1. The normalized spacial score (nSPS) is 16.4. The molecule has 1 atom stereocenters. The highest BCUT2D eigenvalue weighted by Crippen LogP contribution is 2.44. The molecule has 1 amide bonds. The Balaban J connectivity index is 1.51. The largest absolute Gasteiger partial charge is 0.507 e. The number of ether oxygens (including phenoxy) is 1. The van der Waals surface area contributed by atoms with Crippen molar-refractivity contribution in [3.63, 3.8) is 0 Å². The minimum atomic E-state index is -0.908. The maximum atomic E-state index is 13.4. The molecule has 1 fully saturated rings. The van der Waals surface area contributed by atoms with E-state index in [1.807, 2.05) is 6.92 Å². The average molecular weight is 557 g/mol. The van der Waals surface area contributed by atoms with Crippen LogP contribution in [-0.4, -0.2) is 38.6 Å². The maximum absolute atomic E-state index is 13.4. The van der Waals surface area contributed by atoms with Crippen LogP contribution in [0.5, 0.6) is 5.75 Å². The second-order valence-corrected chi connectivity index (χ2v) is 10.9. The Morgan fingerprint density at radius 1 is 1.08 bits per heavy atom. The van der Waals surface area contributed by atoms with Crippen molar-refractivity contribution >= 4 is 45.7 Å². The molecular weight excluding hydrogens is 532 g/mol. The van der Waals surface area contributed by atoms with Gasteiger partial charge >= 0.3 is 5.91 Å². The third-order valence-corrected chi connectivity index (χ3v) is 8.17. The standard InChI is InChI=1S/C29H24N4O4S2/c1-3-16-37-22-10-8-20(9-11-22)24-23(25(34)21-12-14-30-15-13-21)26(35)27(36)33(24)28-31-32-29(39-28)38-17-19-6-4-18(2)5-7-19/h3-15,24,34H,1,16-17H2,2H3. The van der Waals surface area contributed by atoms with Gasteiger partial charge in [0.15, 0.2) is 4.34 Å². The van der Waals surface area contributed by atoms with E-state index in [9.17, 15) is 14.7 Å². The number of amides is 1. The number of nitrogens with zero attached hydrogens (tertiary/aromatic N) is 4. The Labute approximate surface area is 233 Å². The Bertz CT molecular complexity index is 1530. The first-order valence-corrected chi connectivity index (χ1v) is 13.8. The van der Waals surface area contributed by atoms with Crippen molar-refractivity contribution in [2.24, 2.45) is 0 Å². The minimum Gasteiger partial charge on any atom is -0.507 e. The van der Waals surface area contributed by atoms with Gasteiger partial charge in [-0.2, -0.15) is 0 Å². The zero-order valence-corrected chi connectivity index (χ0v) is 22.6. The van der Waals surface area contributed by atoms with E-state index in [0.29, 0.717) is 33.6 Å². The molecule has 0 saturated carbocycles. The van der Waals surface area contributed by atoms with Crippen LogP contribution in [0.25, 0.3) is 5.76 Å². The predicted molar refractivity (Wildman–Crippen MR) is 152 cm³/mol. The Morgan fingerprint density at radius 2 is 1.79 bits per heavy atom. The number of thioether (sulfide) groups is 1. The number of aryl methyl sites for hydroxylation is 1. The molecule has 0 spiro atoms. The number of pyridine rings is 1. The number of carbonyl (C=O) groups excluding carboxylic acids is 2. The summed E-state index contributed by atoms with van der Waals surface area (Å²) in [5.74, 6) is -0.575. The lowest BCUT2D eigenvalue weighted by Crippen LogP contribution is -2.29. The van der Waals surface area contributed by atoms with E-state index in [0.717, 1.165) is 5.56 Å². The fourth-order valence-electron chi connectivity index (χ4n) is 4.10. The predicted octanol–water partition coefficient (Wildman–Crippen LogP) is 5.72. The molecule has 1 N–H and O–H groups in total. The Morgan fingerprint density at radius 3 is 2.49 bits per heavy atom. The van der Waals surface area contributed by atoms with Crippen LogP contribution in [0.3, 0.4) is 0 Å². The lowest BCUT2D eigenvalue weighted by atomic mass is 9.95. The topological polar surface area (TPSA) is 106 Å². The maximum Gasteiger partial charge on any atom is 0.301 e. The summed E-state index contributed by atoms with van der Waals surface area (Å²) in [4.78, 5) is 32.0. The van der Waals surface area contributed by atoms with E-state index in [4.69, 9.17) is 4.74 Å². The van der Waals surface area contributed by atoms with Gasteiger partial charge in [0.2, 0.25) is 5.13 Å². The van der Waals surface area contributed by atoms with E-state index in [-0.39, 0.29) is 16.5 Å². The zero-order valence-electron chi connectivity index (χ0n) is 21.0. The summed E-state index contributed by atoms with van der Waals surface area (Å²) in [6, 6.07) is 17.5. The first-order chi connectivity index (χ1) is 19.0. The number of hydrogen-bond acceptors (Lipinski definition) is 9. The number of rotatable bonds is 9. The van der Waals surface area contributed by atoms with Gasteiger partial charge < -0.3 is 9.84 Å². The third kappa shape index (κ3) is 5.62. The van der Waals surface area contributed by atoms with Crippen LogP contribution >= 0.6 is 23.1 Å². The number of hydrogen-bond donors (Lipinski definition) is 1. The summed E-state index contributed by atoms with van der Waals surface area (Å²) >= 11 is 2.72. The van der Waals surface area contributed by atoms with Gasteiger partial charge in [0.25, 0.3) is 5.78 Å². The van der Waals surface area contributed by atoms with Gasteiger partial charge in [-0.05, 0) is 42.3 Å². The summed E-state index contributed by atoms with van der Waals surface area (Å²) in [5, 5.41) is 20.0. The van der Waals surface area contributed by atoms with E-state index >= 15 is 0 Å². The summed E-state index contributed by atoms with van der Waals surface area (Å²) in [5.41, 5.74) is 3.28. The summed E-state index contributed by atoms with van der Waals surface area (Å²) in [6.45, 7) is 6.03. The van der Waals surface area contributed by atoms with Gasteiger partial charge in [-0.1, -0.05) is 77.7 Å². The monoisotopic (exact) mass is 556 g/mol. The van der Waals surface area contributed by atoms with E-state index < -0.39 is 17.7 Å². The molecule has 2 aromatic carbocycles. The molecule has 0 bridgehead atoms. The summed E-state index contributed by atoms with van der Waals surface area (Å²) < 4.78 is 6.25. The molecule has 0 radical (unpaired) electrons. The number of carbonyl (C=O) groups is 2. The van der Waals surface area contributed by atoms with Crippen molar-refractivity contribution in [1.82, 2.24) is 15.2 Å². The lowest BCUT2D eigenvalue weighted by Gasteiger charge is -2.22. The summed E-state index contributed by atoms with van der Waals surface area (Å²) in [7, 11) is 0. The molecular formula is C29H24N4O4S2. The quantitative estimate of drug-likeness (QED) is 0.0696. The van der Waals surface area contributed by atoms with Crippen LogP contribution in [0.2, 0.25) is 0 Å². The van der Waals surface area contributed by atoms with Crippen LogP contribution in [0.1, 0.15) is 28.3 Å². The number of benzene rings is 2. The fourth-order valence-corrected chi connectivity index (χ4v) is 5.92. The molecule has 1 saturated heterocycles. The van der Waals surface area contributed by atoms with E-state index in [1.165, 1.54) is 46.0 Å². The highest BCUT2D eigenvalue weighted by molar-refractivity contribution is 8.00. The van der Waals surface area contributed by atoms with Gasteiger partial charge in [-0.25, -0.2) is 0 Å². The number of aromatic nitrogens is 3. The second-order valence-electron chi connectivity index (χ2n) is 8.70. The Hall–Kier alpha value is -4.28. The number of aliphatic hydroxyl groups is 1. The van der Waals surface area contributed by atoms with Crippen molar-refractivity contribution in [3.8, 4) is 5.75 Å². The molecule has 196 valence electrons. The summed E-state index contributed by atoms with van der Waals surface area (Å²) in [6.07, 6.45) is 4.66.